The average Bonchev–Trinajstić information content (AvgIpc) is 2.70. The highest BCUT2D eigenvalue weighted by molar-refractivity contribution is 6.11. The number of hydrogen-bond donors (Lipinski definition) is 1. The molecule has 1 aliphatic rings. The second-order valence-corrected chi connectivity index (χ2v) is 5.00. The van der Waals surface area contributed by atoms with Crippen LogP contribution in [0.5, 0.6) is 0 Å². The first-order valence-corrected chi connectivity index (χ1v) is 6.28. The number of nitrogens with zero attached hydrogens (tertiary/aromatic N) is 1. The van der Waals surface area contributed by atoms with E-state index >= 15 is 0 Å². The molecule has 0 bridgehead atoms. The molecule has 0 spiro atoms. The molecule has 1 heterocycles. The van der Waals surface area contributed by atoms with Crippen molar-refractivity contribution >= 4 is 11.5 Å². The normalized spacial score (nSPS) is 13.8. The van der Waals surface area contributed by atoms with Gasteiger partial charge in [0.25, 0.3) is 0 Å². The van der Waals surface area contributed by atoms with E-state index in [0.29, 0.717) is 17.9 Å². The van der Waals surface area contributed by atoms with E-state index in [1.165, 1.54) is 23.3 Å². The monoisotopic (exact) mass is 254 g/mol. The molecule has 0 unspecified atom stereocenters. The van der Waals surface area contributed by atoms with E-state index in [0.717, 1.165) is 11.3 Å². The van der Waals surface area contributed by atoms with Gasteiger partial charge >= 0.3 is 0 Å². The van der Waals surface area contributed by atoms with Crippen molar-refractivity contribution in [2.45, 2.75) is 20.4 Å². The number of benzene rings is 2. The Morgan fingerprint density at radius 2 is 1.84 bits per heavy atom. The van der Waals surface area contributed by atoms with Gasteiger partial charge in [-0.05, 0) is 54.8 Å². The summed E-state index contributed by atoms with van der Waals surface area (Å²) in [5, 5.41) is 8.21. The molecule has 0 amide bonds. The summed E-state index contributed by atoms with van der Waals surface area (Å²) in [7, 11) is 0. The lowest BCUT2D eigenvalue weighted by molar-refractivity contribution is 0.627. The molecule has 0 fully saturated rings. The number of fused-ring (bicyclic) bond motifs is 1. The van der Waals surface area contributed by atoms with Crippen LogP contribution in [0.3, 0.4) is 0 Å². The van der Waals surface area contributed by atoms with Gasteiger partial charge in [0, 0.05) is 11.3 Å². The summed E-state index contributed by atoms with van der Waals surface area (Å²) in [6.45, 7) is 4.76. The van der Waals surface area contributed by atoms with Gasteiger partial charge in [-0.3, -0.25) is 5.41 Å². The molecule has 2 aromatic rings. The van der Waals surface area contributed by atoms with Crippen molar-refractivity contribution in [2.75, 3.05) is 4.90 Å². The third kappa shape index (κ3) is 1.91. The van der Waals surface area contributed by atoms with Gasteiger partial charge in [0.15, 0.2) is 0 Å². The van der Waals surface area contributed by atoms with Crippen LogP contribution in [0.15, 0.2) is 36.4 Å². The van der Waals surface area contributed by atoms with E-state index in [1.807, 2.05) is 11.0 Å². The molecule has 1 aliphatic heterocycles. The second-order valence-electron chi connectivity index (χ2n) is 5.00. The van der Waals surface area contributed by atoms with Crippen molar-refractivity contribution in [3.63, 3.8) is 0 Å². The van der Waals surface area contributed by atoms with Crippen LogP contribution < -0.4 is 4.90 Å². The van der Waals surface area contributed by atoms with E-state index in [1.54, 1.807) is 6.07 Å². The standard InChI is InChI=1S/C16H15FN2/c1-10-3-6-14(7-11(10)2)19-9-12-4-5-13(17)8-15(12)16(19)18/h3-8,18H,9H2,1-2H3. The Morgan fingerprint density at radius 3 is 2.58 bits per heavy atom. The molecule has 1 N–H and O–H groups in total. The van der Waals surface area contributed by atoms with Crippen LogP contribution in [-0.4, -0.2) is 5.84 Å². The maximum Gasteiger partial charge on any atom is 0.133 e. The predicted molar refractivity (Wildman–Crippen MR) is 75.3 cm³/mol. The summed E-state index contributed by atoms with van der Waals surface area (Å²) in [4.78, 5) is 1.91. The van der Waals surface area contributed by atoms with E-state index in [2.05, 4.69) is 26.0 Å². The van der Waals surface area contributed by atoms with Crippen LogP contribution in [0.2, 0.25) is 0 Å². The molecule has 0 saturated heterocycles. The van der Waals surface area contributed by atoms with Crippen molar-refractivity contribution in [2.24, 2.45) is 0 Å². The quantitative estimate of drug-likeness (QED) is 0.823. The highest BCUT2D eigenvalue weighted by atomic mass is 19.1. The maximum absolute atomic E-state index is 13.3. The molecule has 3 rings (SSSR count). The van der Waals surface area contributed by atoms with E-state index in [9.17, 15) is 4.39 Å². The Morgan fingerprint density at radius 1 is 1.05 bits per heavy atom. The molecule has 0 radical (unpaired) electrons. The number of aryl methyl sites for hydroxylation is 2. The first-order chi connectivity index (χ1) is 9.06. The first kappa shape index (κ1) is 11.9. The van der Waals surface area contributed by atoms with Gasteiger partial charge in [0.05, 0.1) is 6.54 Å². The zero-order valence-corrected chi connectivity index (χ0v) is 11.0. The highest BCUT2D eigenvalue weighted by Gasteiger charge is 2.25. The van der Waals surface area contributed by atoms with Crippen molar-refractivity contribution in [1.29, 1.82) is 5.41 Å². The number of anilines is 1. The largest absolute Gasteiger partial charge is 0.322 e. The fourth-order valence-corrected chi connectivity index (χ4v) is 2.42. The summed E-state index contributed by atoms with van der Waals surface area (Å²) in [6.07, 6.45) is 0. The lowest BCUT2D eigenvalue weighted by Gasteiger charge is -2.19. The van der Waals surface area contributed by atoms with Gasteiger partial charge in [-0.15, -0.1) is 0 Å². The van der Waals surface area contributed by atoms with E-state index in [-0.39, 0.29) is 5.82 Å². The Hall–Kier alpha value is -2.16. The molecular formula is C16H15FN2. The third-order valence-electron chi connectivity index (χ3n) is 3.73. The Balaban J connectivity index is 2.01. The molecular weight excluding hydrogens is 239 g/mol. The third-order valence-corrected chi connectivity index (χ3v) is 3.73. The van der Waals surface area contributed by atoms with E-state index < -0.39 is 0 Å². The zero-order chi connectivity index (χ0) is 13.6. The number of hydrogen-bond acceptors (Lipinski definition) is 1. The zero-order valence-electron chi connectivity index (χ0n) is 11.0. The van der Waals surface area contributed by atoms with Crippen LogP contribution in [0, 0.1) is 25.1 Å². The maximum atomic E-state index is 13.3. The van der Waals surface area contributed by atoms with Gasteiger partial charge in [0.2, 0.25) is 0 Å². The summed E-state index contributed by atoms with van der Waals surface area (Å²) in [6, 6.07) is 10.8. The SMILES string of the molecule is Cc1ccc(N2Cc3ccc(F)cc3C2=N)cc1C. The number of amidine groups is 1. The van der Waals surface area contributed by atoms with Crippen molar-refractivity contribution in [1.82, 2.24) is 0 Å². The summed E-state index contributed by atoms with van der Waals surface area (Å²) in [5.74, 6) is 0.0863. The lowest BCUT2D eigenvalue weighted by atomic mass is 10.1. The van der Waals surface area contributed by atoms with Crippen LogP contribution in [0.4, 0.5) is 10.1 Å². The molecule has 0 aliphatic carbocycles. The van der Waals surface area contributed by atoms with Gasteiger partial charge < -0.3 is 4.90 Å². The first-order valence-electron chi connectivity index (χ1n) is 6.28. The molecule has 2 aromatic carbocycles. The van der Waals surface area contributed by atoms with Gasteiger partial charge in [-0.1, -0.05) is 12.1 Å². The Bertz CT molecular complexity index is 676. The van der Waals surface area contributed by atoms with Crippen molar-refractivity contribution < 1.29 is 4.39 Å². The number of rotatable bonds is 1. The molecule has 3 heteroatoms. The predicted octanol–water partition coefficient (Wildman–Crippen LogP) is 3.79. The Kier molecular flexibility index (Phi) is 2.63. The fraction of sp³-hybridized carbons (Fsp3) is 0.188. The smallest absolute Gasteiger partial charge is 0.133 e. The Labute approximate surface area is 112 Å². The minimum absolute atomic E-state index is 0.287. The van der Waals surface area contributed by atoms with Crippen LogP contribution in [-0.2, 0) is 6.54 Å². The minimum atomic E-state index is -0.287. The summed E-state index contributed by atoms with van der Waals surface area (Å²) in [5.41, 5.74) is 5.12. The summed E-state index contributed by atoms with van der Waals surface area (Å²) < 4.78 is 13.3. The number of halogens is 1. The fourth-order valence-electron chi connectivity index (χ4n) is 2.42. The van der Waals surface area contributed by atoms with Gasteiger partial charge in [0.1, 0.15) is 11.7 Å². The average molecular weight is 254 g/mol. The highest BCUT2D eigenvalue weighted by Crippen LogP contribution is 2.29. The van der Waals surface area contributed by atoms with Crippen molar-refractivity contribution in [3.8, 4) is 0 Å². The second kappa shape index (κ2) is 4.19. The van der Waals surface area contributed by atoms with Crippen molar-refractivity contribution in [3.05, 3.63) is 64.5 Å². The minimum Gasteiger partial charge on any atom is -0.322 e. The van der Waals surface area contributed by atoms with Crippen LogP contribution >= 0.6 is 0 Å². The molecule has 19 heavy (non-hydrogen) atoms. The summed E-state index contributed by atoms with van der Waals surface area (Å²) >= 11 is 0. The number of nitrogens with one attached hydrogen (secondary N) is 1. The van der Waals surface area contributed by atoms with Crippen LogP contribution in [0.1, 0.15) is 22.3 Å². The molecule has 0 saturated carbocycles. The topological polar surface area (TPSA) is 27.1 Å². The van der Waals surface area contributed by atoms with Gasteiger partial charge in [-0.25, -0.2) is 4.39 Å². The molecule has 2 nitrogen and oxygen atoms in total. The lowest BCUT2D eigenvalue weighted by Crippen LogP contribution is -2.23. The van der Waals surface area contributed by atoms with Gasteiger partial charge in [-0.2, -0.15) is 0 Å². The molecule has 0 atom stereocenters. The van der Waals surface area contributed by atoms with E-state index in [4.69, 9.17) is 5.41 Å². The van der Waals surface area contributed by atoms with Crippen LogP contribution in [0.25, 0.3) is 0 Å². The molecule has 0 aromatic heterocycles. The molecule has 96 valence electrons.